The summed E-state index contributed by atoms with van der Waals surface area (Å²) in [6.07, 6.45) is 6.27. The average molecular weight is 515 g/mol. The van der Waals surface area contributed by atoms with Crippen molar-refractivity contribution in [2.45, 2.75) is 26.4 Å². The number of benzene rings is 2. The smallest absolute Gasteiger partial charge is 0.418 e. The van der Waals surface area contributed by atoms with Crippen LogP contribution in [0.5, 0.6) is 0 Å². The molecule has 3 aromatic heterocycles. The standard InChI is InChI=1S/C27H27FN8O2/c1-27(2,3)38-26(37)36-10-9-17-11-16(5-8-23(17)36)20-14-30-25(32-19-13-31-35(4)15-19)34-24(20)33-22-12-18(29)6-7-21(22)28/h5-15H,29H2,1-4H3,(H2,30,32,33,34). The van der Waals surface area contributed by atoms with Crippen LogP contribution in [0, 0.1) is 5.82 Å². The maximum Gasteiger partial charge on any atom is 0.418 e. The third-order valence-corrected chi connectivity index (χ3v) is 5.58. The maximum absolute atomic E-state index is 14.6. The second-order valence-corrected chi connectivity index (χ2v) is 9.79. The predicted molar refractivity (Wildman–Crippen MR) is 145 cm³/mol. The molecule has 38 heavy (non-hydrogen) atoms. The number of halogens is 1. The lowest BCUT2D eigenvalue weighted by atomic mass is 10.1. The molecule has 0 amide bonds. The van der Waals surface area contributed by atoms with Crippen LogP contribution >= 0.6 is 0 Å². The molecule has 0 aliphatic heterocycles. The molecule has 0 unspecified atom stereocenters. The number of nitrogen functional groups attached to an aromatic ring is 1. The third kappa shape index (κ3) is 5.26. The Morgan fingerprint density at radius 3 is 2.63 bits per heavy atom. The Morgan fingerprint density at radius 2 is 1.89 bits per heavy atom. The van der Waals surface area contributed by atoms with E-state index in [1.165, 1.54) is 22.8 Å². The first kappa shape index (κ1) is 24.8. The predicted octanol–water partition coefficient (Wildman–Crippen LogP) is 5.82. The van der Waals surface area contributed by atoms with E-state index in [-0.39, 0.29) is 5.69 Å². The van der Waals surface area contributed by atoms with Crippen LogP contribution in [0.15, 0.2) is 67.3 Å². The molecule has 0 spiro atoms. The van der Waals surface area contributed by atoms with Gasteiger partial charge in [0.1, 0.15) is 17.2 Å². The van der Waals surface area contributed by atoms with Crippen molar-refractivity contribution in [3.05, 3.63) is 73.1 Å². The molecule has 0 saturated carbocycles. The number of nitrogens with one attached hydrogen (secondary N) is 2. The minimum Gasteiger partial charge on any atom is -0.443 e. The fourth-order valence-corrected chi connectivity index (χ4v) is 3.91. The van der Waals surface area contributed by atoms with Crippen molar-refractivity contribution in [3.8, 4) is 11.1 Å². The van der Waals surface area contributed by atoms with Crippen LogP contribution in [0.2, 0.25) is 0 Å². The zero-order valence-electron chi connectivity index (χ0n) is 21.4. The summed E-state index contributed by atoms with van der Waals surface area (Å²) in [5.41, 5.74) is 8.63. The van der Waals surface area contributed by atoms with Crippen LogP contribution in [-0.4, -0.2) is 36.0 Å². The molecule has 0 saturated heterocycles. The van der Waals surface area contributed by atoms with Gasteiger partial charge < -0.3 is 21.1 Å². The van der Waals surface area contributed by atoms with E-state index in [1.807, 2.05) is 45.0 Å². The molecule has 11 heteroatoms. The zero-order chi connectivity index (χ0) is 27.0. The highest BCUT2D eigenvalue weighted by molar-refractivity contribution is 5.93. The summed E-state index contributed by atoms with van der Waals surface area (Å²) in [6.45, 7) is 5.46. The number of anilines is 5. The SMILES string of the molecule is Cn1cc(Nc2ncc(-c3ccc4c(ccn4C(=O)OC(C)(C)C)c3)c(Nc3cc(N)ccc3F)n2)cn1. The van der Waals surface area contributed by atoms with E-state index in [0.717, 1.165) is 10.9 Å². The molecule has 5 aromatic rings. The largest absolute Gasteiger partial charge is 0.443 e. The molecule has 4 N–H and O–H groups in total. The van der Waals surface area contributed by atoms with Crippen molar-refractivity contribution in [3.63, 3.8) is 0 Å². The molecule has 0 bridgehead atoms. The normalized spacial score (nSPS) is 11.5. The van der Waals surface area contributed by atoms with Crippen LogP contribution in [0.1, 0.15) is 20.8 Å². The van der Waals surface area contributed by atoms with E-state index in [4.69, 9.17) is 10.5 Å². The van der Waals surface area contributed by atoms with Crippen LogP contribution in [-0.2, 0) is 11.8 Å². The van der Waals surface area contributed by atoms with E-state index >= 15 is 0 Å². The monoisotopic (exact) mass is 514 g/mol. The Balaban J connectivity index is 1.54. The van der Waals surface area contributed by atoms with E-state index < -0.39 is 17.5 Å². The van der Waals surface area contributed by atoms with Gasteiger partial charge in [0.05, 0.1) is 23.1 Å². The lowest BCUT2D eigenvalue weighted by Gasteiger charge is -2.19. The number of rotatable bonds is 5. The molecule has 0 aliphatic carbocycles. The molecule has 0 atom stereocenters. The molecule has 10 nitrogen and oxygen atoms in total. The van der Waals surface area contributed by atoms with Gasteiger partial charge in [0.25, 0.3) is 0 Å². The summed E-state index contributed by atoms with van der Waals surface area (Å²) in [6, 6.07) is 11.7. The first-order valence-electron chi connectivity index (χ1n) is 11.9. The van der Waals surface area contributed by atoms with Gasteiger partial charge in [-0.2, -0.15) is 10.1 Å². The minimum absolute atomic E-state index is 0.175. The van der Waals surface area contributed by atoms with Gasteiger partial charge in [0, 0.05) is 42.3 Å². The van der Waals surface area contributed by atoms with Gasteiger partial charge in [-0.25, -0.2) is 14.2 Å². The zero-order valence-corrected chi connectivity index (χ0v) is 21.4. The Hall–Kier alpha value is -4.93. The number of hydrogen-bond acceptors (Lipinski definition) is 8. The van der Waals surface area contributed by atoms with Gasteiger partial charge in [0.15, 0.2) is 0 Å². The van der Waals surface area contributed by atoms with Crippen LogP contribution in [0.25, 0.3) is 22.0 Å². The Labute approximate surface area is 218 Å². The van der Waals surface area contributed by atoms with E-state index in [2.05, 4.69) is 25.7 Å². The van der Waals surface area contributed by atoms with Crippen LogP contribution in [0.3, 0.4) is 0 Å². The van der Waals surface area contributed by atoms with Gasteiger partial charge in [-0.3, -0.25) is 9.25 Å². The number of aromatic nitrogens is 5. The molecular weight excluding hydrogens is 487 g/mol. The van der Waals surface area contributed by atoms with E-state index in [0.29, 0.717) is 34.2 Å². The van der Waals surface area contributed by atoms with Crippen molar-refractivity contribution in [2.24, 2.45) is 7.05 Å². The highest BCUT2D eigenvalue weighted by atomic mass is 19.1. The number of hydrogen-bond donors (Lipinski definition) is 3. The highest BCUT2D eigenvalue weighted by Gasteiger charge is 2.20. The van der Waals surface area contributed by atoms with Crippen molar-refractivity contribution in [2.75, 3.05) is 16.4 Å². The molecule has 194 valence electrons. The first-order chi connectivity index (χ1) is 18.1. The molecular formula is C27H27FN8O2. The Kier molecular flexibility index (Phi) is 6.19. The minimum atomic E-state index is -0.618. The molecule has 3 heterocycles. The number of fused-ring (bicyclic) bond motifs is 1. The summed E-state index contributed by atoms with van der Waals surface area (Å²) in [4.78, 5) is 21.7. The number of aryl methyl sites for hydroxylation is 1. The summed E-state index contributed by atoms with van der Waals surface area (Å²) in [5, 5.41) is 11.1. The second-order valence-electron chi connectivity index (χ2n) is 9.79. The maximum atomic E-state index is 14.6. The van der Waals surface area contributed by atoms with Crippen LogP contribution in [0.4, 0.5) is 38.0 Å². The lowest BCUT2D eigenvalue weighted by Crippen LogP contribution is -2.26. The van der Waals surface area contributed by atoms with E-state index in [9.17, 15) is 9.18 Å². The van der Waals surface area contributed by atoms with Crippen molar-refractivity contribution in [1.29, 1.82) is 0 Å². The summed E-state index contributed by atoms with van der Waals surface area (Å²) >= 11 is 0. The number of ether oxygens (including phenoxy) is 1. The quantitative estimate of drug-likeness (QED) is 0.251. The van der Waals surface area contributed by atoms with Crippen molar-refractivity contribution < 1.29 is 13.9 Å². The summed E-state index contributed by atoms with van der Waals surface area (Å²) < 4.78 is 23.2. The van der Waals surface area contributed by atoms with Gasteiger partial charge in [-0.05, 0) is 62.7 Å². The van der Waals surface area contributed by atoms with Gasteiger partial charge in [0.2, 0.25) is 5.95 Å². The van der Waals surface area contributed by atoms with Crippen LogP contribution < -0.4 is 16.4 Å². The molecule has 0 aliphatic rings. The Morgan fingerprint density at radius 1 is 1.08 bits per heavy atom. The lowest BCUT2D eigenvalue weighted by molar-refractivity contribution is 0.0544. The number of nitrogens with two attached hydrogens (primary N) is 1. The molecule has 5 rings (SSSR count). The topological polar surface area (TPSA) is 125 Å². The number of carbonyl (C=O) groups excluding carboxylic acids is 1. The highest BCUT2D eigenvalue weighted by Crippen LogP contribution is 2.33. The summed E-state index contributed by atoms with van der Waals surface area (Å²) in [5.74, 6) is 0.183. The average Bonchev–Trinajstić information content (AvgIpc) is 3.46. The first-order valence-corrected chi connectivity index (χ1v) is 11.9. The van der Waals surface area contributed by atoms with E-state index in [1.54, 1.807) is 36.5 Å². The Bertz CT molecular complexity index is 1650. The third-order valence-electron chi connectivity index (χ3n) is 5.58. The summed E-state index contributed by atoms with van der Waals surface area (Å²) in [7, 11) is 1.80. The fourth-order valence-electron chi connectivity index (χ4n) is 3.91. The fraction of sp³-hybridized carbons (Fsp3) is 0.185. The number of carbonyl (C=O) groups is 1. The van der Waals surface area contributed by atoms with Gasteiger partial charge in [-0.1, -0.05) is 6.07 Å². The van der Waals surface area contributed by atoms with Gasteiger partial charge >= 0.3 is 6.09 Å². The van der Waals surface area contributed by atoms with Crippen molar-refractivity contribution in [1.82, 2.24) is 24.3 Å². The van der Waals surface area contributed by atoms with Gasteiger partial charge in [-0.15, -0.1) is 0 Å². The van der Waals surface area contributed by atoms with Crippen molar-refractivity contribution >= 4 is 45.8 Å². The molecule has 0 fully saturated rings. The molecule has 0 radical (unpaired) electrons. The second kappa shape index (κ2) is 9.51. The molecule has 2 aromatic carbocycles. The number of nitrogens with zero attached hydrogens (tertiary/aromatic N) is 5.